The summed E-state index contributed by atoms with van der Waals surface area (Å²) in [5.41, 5.74) is 8.33. The molecule has 0 amide bonds. The molecule has 1 heterocycles. The van der Waals surface area contributed by atoms with Gasteiger partial charge in [-0.15, -0.1) is 0 Å². The summed E-state index contributed by atoms with van der Waals surface area (Å²) in [5.74, 6) is 1.46. The van der Waals surface area contributed by atoms with Gasteiger partial charge in [-0.2, -0.15) is 0 Å². The molecule has 1 aliphatic heterocycles. The van der Waals surface area contributed by atoms with Gasteiger partial charge in [0.25, 0.3) is 0 Å². The Morgan fingerprint density at radius 1 is 0.963 bits per heavy atom. The Bertz CT molecular complexity index is 719. The Morgan fingerprint density at radius 3 is 2.07 bits per heavy atom. The van der Waals surface area contributed by atoms with Crippen molar-refractivity contribution in [1.82, 2.24) is 0 Å². The molecule has 1 aliphatic rings. The minimum absolute atomic E-state index is 0.467. The van der Waals surface area contributed by atoms with Gasteiger partial charge in [0.2, 0.25) is 0 Å². The first-order valence-electron chi connectivity index (χ1n) is 10.5. The molecule has 0 atom stereocenters. The van der Waals surface area contributed by atoms with Crippen molar-refractivity contribution < 1.29 is 4.74 Å². The van der Waals surface area contributed by atoms with Crippen LogP contribution >= 0.6 is 0 Å². The summed E-state index contributed by atoms with van der Waals surface area (Å²) in [6, 6.07) is 11.4. The van der Waals surface area contributed by atoms with Gasteiger partial charge in [0, 0.05) is 18.8 Å². The number of aryl methyl sites for hydroxylation is 2. The Balaban J connectivity index is 0.00000126. The van der Waals surface area contributed by atoms with E-state index in [-0.39, 0.29) is 0 Å². The molecule has 0 radical (unpaired) electrons. The smallest absolute Gasteiger partial charge is 0.122 e. The number of anilines is 1. The zero-order chi connectivity index (χ0) is 20.0. The van der Waals surface area contributed by atoms with Crippen molar-refractivity contribution in [2.45, 2.75) is 66.7 Å². The van der Waals surface area contributed by atoms with E-state index < -0.39 is 0 Å². The van der Waals surface area contributed by atoms with Crippen molar-refractivity contribution in [2.24, 2.45) is 0 Å². The molecule has 2 nitrogen and oxygen atoms in total. The molecular formula is C25H37NO. The molecule has 0 aliphatic carbocycles. The number of rotatable bonds is 5. The third kappa shape index (κ3) is 5.06. The number of hydrogen-bond acceptors (Lipinski definition) is 2. The van der Waals surface area contributed by atoms with Crippen LogP contribution in [0.25, 0.3) is 0 Å². The summed E-state index contributed by atoms with van der Waals surface area (Å²) >= 11 is 0. The van der Waals surface area contributed by atoms with E-state index in [2.05, 4.69) is 62.9 Å². The van der Waals surface area contributed by atoms with Crippen molar-refractivity contribution in [3.63, 3.8) is 0 Å². The fourth-order valence-corrected chi connectivity index (χ4v) is 3.96. The second kappa shape index (κ2) is 9.82. The number of hydrogen-bond donors (Lipinski definition) is 0. The van der Waals surface area contributed by atoms with Crippen LogP contribution in [0, 0.1) is 13.8 Å². The molecule has 0 unspecified atom stereocenters. The summed E-state index contributed by atoms with van der Waals surface area (Å²) in [4.78, 5) is 2.52. The van der Waals surface area contributed by atoms with E-state index in [1.54, 1.807) is 7.11 Å². The lowest BCUT2D eigenvalue weighted by Crippen LogP contribution is -2.18. The van der Waals surface area contributed by atoms with Crippen LogP contribution in [0.5, 0.6) is 5.75 Å². The molecule has 1 saturated heterocycles. The predicted molar refractivity (Wildman–Crippen MR) is 119 cm³/mol. The van der Waals surface area contributed by atoms with Gasteiger partial charge >= 0.3 is 0 Å². The summed E-state index contributed by atoms with van der Waals surface area (Å²) in [6.45, 7) is 15.4. The van der Waals surface area contributed by atoms with Crippen LogP contribution < -0.4 is 9.64 Å². The SMILES string of the molecule is CC.COc1ccc(Cc2c(C)cc(N3CCCC3)cc2C)cc1C(C)C. The monoisotopic (exact) mass is 367 g/mol. The van der Waals surface area contributed by atoms with Crippen molar-refractivity contribution in [2.75, 3.05) is 25.1 Å². The Kier molecular flexibility index (Phi) is 7.77. The lowest BCUT2D eigenvalue weighted by atomic mass is 9.92. The Labute approximate surface area is 166 Å². The molecule has 0 bridgehead atoms. The molecule has 148 valence electrons. The van der Waals surface area contributed by atoms with Crippen LogP contribution in [0.4, 0.5) is 5.69 Å². The highest BCUT2D eigenvalue weighted by Crippen LogP contribution is 2.31. The Hall–Kier alpha value is -1.96. The Morgan fingerprint density at radius 2 is 1.56 bits per heavy atom. The van der Waals surface area contributed by atoms with Gasteiger partial charge in [-0.25, -0.2) is 0 Å². The fraction of sp³-hybridized carbons (Fsp3) is 0.520. The van der Waals surface area contributed by atoms with Crippen LogP contribution in [0.15, 0.2) is 30.3 Å². The molecule has 0 N–H and O–H groups in total. The first kappa shape index (κ1) is 21.3. The van der Waals surface area contributed by atoms with E-state index in [9.17, 15) is 0 Å². The van der Waals surface area contributed by atoms with Crippen molar-refractivity contribution >= 4 is 5.69 Å². The molecule has 2 heteroatoms. The number of nitrogens with zero attached hydrogens (tertiary/aromatic N) is 1. The first-order valence-corrected chi connectivity index (χ1v) is 10.5. The van der Waals surface area contributed by atoms with Gasteiger partial charge in [0.1, 0.15) is 5.75 Å². The van der Waals surface area contributed by atoms with Crippen molar-refractivity contribution in [3.8, 4) is 5.75 Å². The average molecular weight is 368 g/mol. The lowest BCUT2D eigenvalue weighted by molar-refractivity contribution is 0.407. The summed E-state index contributed by atoms with van der Waals surface area (Å²) in [5, 5.41) is 0. The second-order valence-corrected chi connectivity index (χ2v) is 7.66. The number of ether oxygens (including phenoxy) is 1. The molecule has 27 heavy (non-hydrogen) atoms. The molecular weight excluding hydrogens is 330 g/mol. The highest BCUT2D eigenvalue weighted by molar-refractivity contribution is 5.55. The minimum Gasteiger partial charge on any atom is -0.496 e. The normalized spacial score (nSPS) is 13.6. The highest BCUT2D eigenvalue weighted by atomic mass is 16.5. The van der Waals surface area contributed by atoms with Crippen LogP contribution in [0.1, 0.15) is 74.3 Å². The topological polar surface area (TPSA) is 12.5 Å². The maximum atomic E-state index is 5.53. The summed E-state index contributed by atoms with van der Waals surface area (Å²) < 4.78 is 5.53. The summed E-state index contributed by atoms with van der Waals surface area (Å²) in [6.07, 6.45) is 3.63. The number of benzene rings is 2. The van der Waals surface area contributed by atoms with Gasteiger partial charge < -0.3 is 9.64 Å². The van der Waals surface area contributed by atoms with E-state index in [1.807, 2.05) is 13.8 Å². The maximum Gasteiger partial charge on any atom is 0.122 e. The third-order valence-corrected chi connectivity index (χ3v) is 5.45. The lowest BCUT2D eigenvalue weighted by Gasteiger charge is -2.21. The largest absolute Gasteiger partial charge is 0.496 e. The van der Waals surface area contributed by atoms with Crippen molar-refractivity contribution in [3.05, 3.63) is 58.1 Å². The van der Waals surface area contributed by atoms with Gasteiger partial charge in [-0.3, -0.25) is 0 Å². The van der Waals surface area contributed by atoms with E-state index in [0.29, 0.717) is 5.92 Å². The number of methoxy groups -OCH3 is 1. The maximum absolute atomic E-state index is 5.53. The van der Waals surface area contributed by atoms with Crippen LogP contribution in [0.2, 0.25) is 0 Å². The molecule has 2 aromatic rings. The molecule has 3 rings (SSSR count). The third-order valence-electron chi connectivity index (χ3n) is 5.45. The summed E-state index contributed by atoms with van der Waals surface area (Å²) in [7, 11) is 1.76. The van der Waals surface area contributed by atoms with Gasteiger partial charge in [0.15, 0.2) is 0 Å². The quantitative estimate of drug-likeness (QED) is 0.586. The minimum atomic E-state index is 0.467. The predicted octanol–water partition coefficient (Wildman–Crippen LogP) is 6.65. The highest BCUT2D eigenvalue weighted by Gasteiger charge is 2.15. The van der Waals surface area contributed by atoms with Gasteiger partial charge in [-0.05, 0) is 85.0 Å². The molecule has 0 aromatic heterocycles. The van der Waals surface area contributed by atoms with E-state index >= 15 is 0 Å². The second-order valence-electron chi connectivity index (χ2n) is 7.66. The molecule has 0 spiro atoms. The zero-order valence-electron chi connectivity index (χ0n) is 18.4. The molecule has 0 saturated carbocycles. The fourth-order valence-electron chi connectivity index (χ4n) is 3.96. The van der Waals surface area contributed by atoms with Crippen LogP contribution in [-0.2, 0) is 6.42 Å². The molecule has 2 aromatic carbocycles. The van der Waals surface area contributed by atoms with Crippen LogP contribution in [0.3, 0.4) is 0 Å². The molecule has 1 fully saturated rings. The average Bonchev–Trinajstić information content (AvgIpc) is 3.20. The zero-order valence-corrected chi connectivity index (χ0v) is 18.4. The van der Waals surface area contributed by atoms with Crippen LogP contribution in [-0.4, -0.2) is 20.2 Å². The van der Waals surface area contributed by atoms with Crippen molar-refractivity contribution in [1.29, 1.82) is 0 Å². The van der Waals surface area contributed by atoms with E-state index in [1.165, 1.54) is 59.4 Å². The van der Waals surface area contributed by atoms with E-state index in [0.717, 1.165) is 12.2 Å². The van der Waals surface area contributed by atoms with Gasteiger partial charge in [0.05, 0.1) is 7.11 Å². The standard InChI is InChI=1S/C23H31NO.C2H6/c1-16(2)21-14-19(8-9-23(21)25-5)15-22-17(3)12-20(13-18(22)4)24-10-6-7-11-24;1-2/h8-9,12-14,16H,6-7,10-11,15H2,1-5H3;1-2H3. The first-order chi connectivity index (χ1) is 13.0. The van der Waals surface area contributed by atoms with Gasteiger partial charge in [-0.1, -0.05) is 39.8 Å². The van der Waals surface area contributed by atoms with E-state index in [4.69, 9.17) is 4.74 Å².